The first-order chi connectivity index (χ1) is 13.7. The van der Waals surface area contributed by atoms with Crippen molar-refractivity contribution in [2.45, 2.75) is 39.5 Å². The van der Waals surface area contributed by atoms with Gasteiger partial charge in [0, 0.05) is 40.5 Å². The van der Waals surface area contributed by atoms with Crippen molar-refractivity contribution in [3.05, 3.63) is 72.8 Å². The van der Waals surface area contributed by atoms with Crippen LogP contribution in [0.2, 0.25) is 0 Å². The molecule has 2 aromatic heterocycles. The van der Waals surface area contributed by atoms with Crippen molar-refractivity contribution in [3.8, 4) is 11.4 Å². The molecule has 3 heterocycles. The standard InChI is InChI=1S/C21H20F3N3OS/c1-12-9-16(29-13(12)2)10-27-8-7-17-18(11-27)25-19(26-20(17)28)14-3-5-15(6-4-14)21(22,23)24/h3-6,9H,7-8,10-11H2,1-2H3,(H,25,26,28). The van der Waals surface area contributed by atoms with Crippen LogP contribution in [0, 0.1) is 13.8 Å². The van der Waals surface area contributed by atoms with Gasteiger partial charge in [-0.25, -0.2) is 4.98 Å². The molecule has 0 saturated heterocycles. The van der Waals surface area contributed by atoms with Gasteiger partial charge in [0.25, 0.3) is 5.56 Å². The summed E-state index contributed by atoms with van der Waals surface area (Å²) in [5.41, 5.74) is 2.15. The largest absolute Gasteiger partial charge is 0.416 e. The monoisotopic (exact) mass is 419 g/mol. The van der Waals surface area contributed by atoms with Gasteiger partial charge in [-0.15, -0.1) is 11.3 Å². The van der Waals surface area contributed by atoms with Gasteiger partial charge in [0.1, 0.15) is 5.82 Å². The number of benzene rings is 1. The predicted molar refractivity (Wildman–Crippen MR) is 107 cm³/mol. The van der Waals surface area contributed by atoms with E-state index in [9.17, 15) is 18.0 Å². The summed E-state index contributed by atoms with van der Waals surface area (Å²) in [6, 6.07) is 6.87. The third-order valence-corrected chi connectivity index (χ3v) is 6.37. The Kier molecular flexibility index (Phi) is 5.08. The number of nitrogens with zero attached hydrogens (tertiary/aromatic N) is 2. The van der Waals surface area contributed by atoms with Crippen molar-refractivity contribution in [2.24, 2.45) is 0 Å². The maximum Gasteiger partial charge on any atom is 0.416 e. The van der Waals surface area contributed by atoms with E-state index in [0.29, 0.717) is 35.6 Å². The molecule has 4 nitrogen and oxygen atoms in total. The number of halogens is 3. The average molecular weight is 419 g/mol. The molecule has 8 heteroatoms. The van der Waals surface area contributed by atoms with Crippen molar-refractivity contribution < 1.29 is 13.2 Å². The Morgan fingerprint density at radius 2 is 1.93 bits per heavy atom. The lowest BCUT2D eigenvalue weighted by atomic mass is 10.1. The van der Waals surface area contributed by atoms with Crippen molar-refractivity contribution in [2.75, 3.05) is 6.54 Å². The van der Waals surface area contributed by atoms with Crippen LogP contribution in [0.4, 0.5) is 13.2 Å². The van der Waals surface area contributed by atoms with E-state index in [1.54, 1.807) is 11.3 Å². The SMILES string of the molecule is Cc1cc(CN2CCc3c(nc(-c4ccc(C(F)(F)F)cc4)[nH]c3=O)C2)sc1C. The topological polar surface area (TPSA) is 49.0 Å². The molecule has 1 aliphatic heterocycles. The van der Waals surface area contributed by atoms with Crippen molar-refractivity contribution in [1.29, 1.82) is 0 Å². The van der Waals surface area contributed by atoms with Gasteiger partial charge in [-0.3, -0.25) is 9.69 Å². The maximum atomic E-state index is 12.8. The first kappa shape index (κ1) is 19.8. The van der Waals surface area contributed by atoms with Crippen LogP contribution in [-0.2, 0) is 25.7 Å². The highest BCUT2D eigenvalue weighted by Gasteiger charge is 2.30. The van der Waals surface area contributed by atoms with Crippen molar-refractivity contribution in [3.63, 3.8) is 0 Å². The summed E-state index contributed by atoms with van der Waals surface area (Å²) in [5, 5.41) is 0. The molecule has 0 atom stereocenters. The summed E-state index contributed by atoms with van der Waals surface area (Å²) >= 11 is 1.77. The molecule has 0 spiro atoms. The number of H-pyrrole nitrogens is 1. The second-order valence-electron chi connectivity index (χ2n) is 7.33. The summed E-state index contributed by atoms with van der Waals surface area (Å²) < 4.78 is 38.3. The van der Waals surface area contributed by atoms with Crippen molar-refractivity contribution >= 4 is 11.3 Å². The lowest BCUT2D eigenvalue weighted by Gasteiger charge is -2.27. The number of fused-ring (bicyclic) bond motifs is 1. The third-order valence-electron chi connectivity index (χ3n) is 5.23. The van der Waals surface area contributed by atoms with Crippen LogP contribution in [0.25, 0.3) is 11.4 Å². The minimum Gasteiger partial charge on any atom is -0.306 e. The van der Waals surface area contributed by atoms with E-state index in [-0.39, 0.29) is 5.56 Å². The molecule has 0 unspecified atom stereocenters. The van der Waals surface area contributed by atoms with Gasteiger partial charge in [-0.05, 0) is 44.0 Å². The Hall–Kier alpha value is -2.45. The third kappa shape index (κ3) is 4.13. The van der Waals surface area contributed by atoms with Crippen LogP contribution in [0.3, 0.4) is 0 Å². The fourth-order valence-electron chi connectivity index (χ4n) is 3.53. The minimum atomic E-state index is -4.39. The van der Waals surface area contributed by atoms with Crippen LogP contribution in [-0.4, -0.2) is 21.4 Å². The first-order valence-corrected chi connectivity index (χ1v) is 10.1. The zero-order chi connectivity index (χ0) is 20.8. The Morgan fingerprint density at radius 1 is 1.21 bits per heavy atom. The molecule has 29 heavy (non-hydrogen) atoms. The highest BCUT2D eigenvalue weighted by molar-refractivity contribution is 7.12. The van der Waals surface area contributed by atoms with Gasteiger partial charge in [-0.1, -0.05) is 12.1 Å². The van der Waals surface area contributed by atoms with Gasteiger partial charge in [0.05, 0.1) is 11.3 Å². The van der Waals surface area contributed by atoms with E-state index < -0.39 is 11.7 Å². The van der Waals surface area contributed by atoms with Gasteiger partial charge >= 0.3 is 6.18 Å². The van der Waals surface area contributed by atoms with Crippen LogP contribution in [0.15, 0.2) is 35.1 Å². The number of aromatic nitrogens is 2. The van der Waals surface area contributed by atoms with E-state index in [0.717, 1.165) is 25.2 Å². The molecule has 0 aliphatic carbocycles. The Bertz CT molecular complexity index is 1080. The highest BCUT2D eigenvalue weighted by Crippen LogP contribution is 2.30. The van der Waals surface area contributed by atoms with E-state index in [2.05, 4.69) is 34.8 Å². The van der Waals surface area contributed by atoms with E-state index in [1.807, 2.05) is 0 Å². The van der Waals surface area contributed by atoms with Crippen LogP contribution >= 0.6 is 11.3 Å². The fourth-order valence-corrected chi connectivity index (χ4v) is 4.63. The summed E-state index contributed by atoms with van der Waals surface area (Å²) in [7, 11) is 0. The van der Waals surface area contributed by atoms with E-state index in [4.69, 9.17) is 0 Å². The van der Waals surface area contributed by atoms with Crippen LogP contribution < -0.4 is 5.56 Å². The number of rotatable bonds is 3. The summed E-state index contributed by atoms with van der Waals surface area (Å²) in [4.78, 5) is 24.6. The maximum absolute atomic E-state index is 12.8. The first-order valence-electron chi connectivity index (χ1n) is 9.28. The quantitative estimate of drug-likeness (QED) is 0.670. The molecule has 1 aliphatic rings. The lowest BCUT2D eigenvalue weighted by Crippen LogP contribution is -2.34. The Balaban J connectivity index is 1.59. The number of aryl methyl sites for hydroxylation is 2. The van der Waals surface area contributed by atoms with Crippen LogP contribution in [0.5, 0.6) is 0 Å². The normalized spacial score (nSPS) is 14.8. The molecule has 0 radical (unpaired) electrons. The van der Waals surface area contributed by atoms with Gasteiger partial charge < -0.3 is 4.98 Å². The second-order valence-corrected chi connectivity index (χ2v) is 8.67. The number of nitrogens with one attached hydrogen (secondary N) is 1. The van der Waals surface area contributed by atoms with Crippen molar-refractivity contribution in [1.82, 2.24) is 14.9 Å². The van der Waals surface area contributed by atoms with Gasteiger partial charge in [-0.2, -0.15) is 13.2 Å². The molecule has 0 amide bonds. The fraction of sp³-hybridized carbons (Fsp3) is 0.333. The smallest absolute Gasteiger partial charge is 0.306 e. The van der Waals surface area contributed by atoms with E-state index in [1.165, 1.54) is 27.5 Å². The minimum absolute atomic E-state index is 0.215. The summed E-state index contributed by atoms with van der Waals surface area (Å²) in [6.45, 7) is 6.31. The number of hydrogen-bond donors (Lipinski definition) is 1. The van der Waals surface area contributed by atoms with E-state index >= 15 is 0 Å². The van der Waals surface area contributed by atoms with Gasteiger partial charge in [0.2, 0.25) is 0 Å². The second kappa shape index (κ2) is 7.42. The lowest BCUT2D eigenvalue weighted by molar-refractivity contribution is -0.137. The molecule has 0 saturated carbocycles. The number of aromatic amines is 1. The molecule has 152 valence electrons. The summed E-state index contributed by atoms with van der Waals surface area (Å²) in [5.74, 6) is 0.298. The predicted octanol–water partition coefficient (Wildman–Crippen LogP) is 4.69. The molecular weight excluding hydrogens is 399 g/mol. The van der Waals surface area contributed by atoms with Crippen LogP contribution in [0.1, 0.15) is 32.1 Å². The molecule has 1 N–H and O–H groups in total. The summed E-state index contributed by atoms with van der Waals surface area (Å²) in [6.07, 6.45) is -3.79. The number of thiophene rings is 1. The number of alkyl halides is 3. The molecule has 1 aromatic carbocycles. The Labute approximate surface area is 170 Å². The number of hydrogen-bond acceptors (Lipinski definition) is 4. The molecule has 0 fully saturated rings. The molecular formula is C21H20F3N3OS. The highest BCUT2D eigenvalue weighted by atomic mass is 32.1. The zero-order valence-electron chi connectivity index (χ0n) is 16.1. The zero-order valence-corrected chi connectivity index (χ0v) is 16.9. The molecule has 0 bridgehead atoms. The molecule has 4 rings (SSSR count). The average Bonchev–Trinajstić information content (AvgIpc) is 2.98. The van der Waals surface area contributed by atoms with Gasteiger partial charge in [0.15, 0.2) is 0 Å². The molecule has 3 aromatic rings. The Morgan fingerprint density at radius 3 is 2.55 bits per heavy atom.